The third kappa shape index (κ3) is 6.42. The molecule has 4 aliphatic heterocycles. The van der Waals surface area contributed by atoms with Crippen molar-refractivity contribution in [3.8, 4) is 5.75 Å². The van der Waals surface area contributed by atoms with E-state index in [0.29, 0.717) is 20.7 Å². The van der Waals surface area contributed by atoms with Crippen molar-refractivity contribution in [2.45, 2.75) is 37.5 Å². The van der Waals surface area contributed by atoms with Gasteiger partial charge >= 0.3 is 0 Å². The first-order valence-electron chi connectivity index (χ1n) is 14.6. The van der Waals surface area contributed by atoms with Crippen LogP contribution in [-0.2, 0) is 9.59 Å². The molecule has 0 aliphatic carbocycles. The average Bonchev–Trinajstić information content (AvgIpc) is 3.75. The second-order valence-electron chi connectivity index (χ2n) is 10.3. The Balaban J connectivity index is 0.000000181. The fourth-order valence-corrected chi connectivity index (χ4v) is 10.1. The number of benzene rings is 2. The molecule has 2 aromatic carbocycles. The molecule has 0 spiro atoms. The molecule has 0 aromatic heterocycles. The fraction of sp³-hybridized carbons (Fsp3) is 0.355. The third-order valence-corrected chi connectivity index (χ3v) is 12.6. The molecule has 2 fully saturated rings. The highest BCUT2D eigenvalue weighted by Gasteiger charge is 2.41. The van der Waals surface area contributed by atoms with Crippen LogP contribution in [0, 0.1) is 13.8 Å². The van der Waals surface area contributed by atoms with E-state index in [-0.39, 0.29) is 43.4 Å². The Morgan fingerprint density at radius 3 is 1.87 bits per heavy atom. The molecule has 244 valence electrons. The molecule has 0 atom stereocenters. The molecule has 0 radical (unpaired) electrons. The van der Waals surface area contributed by atoms with E-state index < -0.39 is 0 Å². The first-order valence-corrected chi connectivity index (χ1v) is 18.2. The van der Waals surface area contributed by atoms with Crippen molar-refractivity contribution < 1.29 is 29.3 Å². The lowest BCUT2D eigenvalue weighted by Crippen LogP contribution is -2.31. The smallest absolute Gasteiger partial charge is 0.293 e. The number of anilines is 2. The van der Waals surface area contributed by atoms with Gasteiger partial charge in [-0.15, -0.1) is 0 Å². The van der Waals surface area contributed by atoms with Gasteiger partial charge in [0, 0.05) is 28.9 Å². The van der Waals surface area contributed by atoms with Crippen LogP contribution in [-0.4, -0.2) is 87.9 Å². The third-order valence-electron chi connectivity index (χ3n) is 7.59. The number of carbonyl (C=O) groups excluding carboxylic acids is 3. The molecule has 6 rings (SSSR count). The lowest BCUT2D eigenvalue weighted by atomic mass is 10.1. The molecule has 2 saturated heterocycles. The Morgan fingerprint density at radius 2 is 1.26 bits per heavy atom. The Bertz CT molecular complexity index is 1680. The quantitative estimate of drug-likeness (QED) is 0.268. The van der Waals surface area contributed by atoms with Gasteiger partial charge in [0.2, 0.25) is 0 Å². The van der Waals surface area contributed by atoms with Crippen molar-refractivity contribution in [2.24, 2.45) is 0 Å². The highest BCUT2D eigenvalue weighted by atomic mass is 32.2. The summed E-state index contributed by atoms with van der Waals surface area (Å²) in [6, 6.07) is 10.1. The number of imide groups is 1. The zero-order valence-corrected chi connectivity index (χ0v) is 30.1. The van der Waals surface area contributed by atoms with Crippen molar-refractivity contribution in [2.75, 3.05) is 56.3 Å². The van der Waals surface area contributed by atoms with Crippen LogP contribution in [0.3, 0.4) is 0 Å². The predicted molar refractivity (Wildman–Crippen MR) is 191 cm³/mol. The van der Waals surface area contributed by atoms with Gasteiger partial charge in [-0.3, -0.25) is 24.2 Å². The number of aliphatic hydroxyl groups is 2. The summed E-state index contributed by atoms with van der Waals surface area (Å²) < 4.78 is 5.79. The van der Waals surface area contributed by atoms with Crippen LogP contribution in [0.2, 0.25) is 0 Å². The van der Waals surface area contributed by atoms with Crippen LogP contribution < -0.4 is 14.5 Å². The second kappa shape index (κ2) is 14.6. The lowest BCUT2D eigenvalue weighted by molar-refractivity contribution is -0.123. The topological polar surface area (TPSA) is 114 Å². The summed E-state index contributed by atoms with van der Waals surface area (Å²) in [4.78, 5) is 47.2. The van der Waals surface area contributed by atoms with E-state index in [9.17, 15) is 14.4 Å². The van der Waals surface area contributed by atoms with E-state index in [4.69, 9.17) is 27.2 Å². The maximum atomic E-state index is 12.6. The molecular formula is C31H34N4O6S5. The van der Waals surface area contributed by atoms with Crippen LogP contribution in [0.15, 0.2) is 60.0 Å². The number of thioether (sulfide) groups is 4. The number of fused-ring (bicyclic) bond motifs is 2. The van der Waals surface area contributed by atoms with Gasteiger partial charge in [0.25, 0.3) is 17.1 Å². The predicted octanol–water partition coefficient (Wildman–Crippen LogP) is 5.74. The van der Waals surface area contributed by atoms with Crippen LogP contribution in [0.1, 0.15) is 25.0 Å². The summed E-state index contributed by atoms with van der Waals surface area (Å²) in [6.07, 6.45) is 0. The normalized spacial score (nSPS) is 20.6. The Labute approximate surface area is 290 Å². The summed E-state index contributed by atoms with van der Waals surface area (Å²) in [5, 5.41) is 19.5. The van der Waals surface area contributed by atoms with Gasteiger partial charge in [-0.1, -0.05) is 47.5 Å². The molecule has 15 heteroatoms. The summed E-state index contributed by atoms with van der Waals surface area (Å²) in [5.74, 6) is 0.309. The standard InChI is InChI=1S/C16H18N2O2S3.C15H16N2O4S2/c1-4-17-11-7-9(2)10(3)8-12(11)22-15(17)13-14(20)18(5-6-19)16(21)23-13;1-3-16-10-8-9(21-2)4-5-11(10)22-14(16)12-13(19)17(6-7-18)15(20)23-12/h7-8,19H,4-6H2,1-3H3;4-5,8,18H,3,6-7H2,1-2H3. The number of ether oxygens (including phenoxy) is 1. The van der Waals surface area contributed by atoms with E-state index in [1.807, 2.05) is 30.0 Å². The molecule has 10 nitrogen and oxygen atoms in total. The highest BCUT2D eigenvalue weighted by Crippen LogP contribution is 2.52. The number of aliphatic hydroxyl groups excluding tert-OH is 2. The van der Waals surface area contributed by atoms with Crippen molar-refractivity contribution in [1.29, 1.82) is 0 Å². The molecule has 0 bridgehead atoms. The largest absolute Gasteiger partial charge is 0.497 e. The first-order chi connectivity index (χ1) is 22.1. The Hall–Kier alpha value is -2.66. The maximum Gasteiger partial charge on any atom is 0.293 e. The van der Waals surface area contributed by atoms with Crippen molar-refractivity contribution in [3.05, 3.63) is 61.3 Å². The van der Waals surface area contributed by atoms with Crippen molar-refractivity contribution >= 4 is 92.0 Å². The summed E-state index contributed by atoms with van der Waals surface area (Å²) in [5.41, 5.74) is 4.63. The van der Waals surface area contributed by atoms with Gasteiger partial charge < -0.3 is 24.7 Å². The van der Waals surface area contributed by atoms with Gasteiger partial charge in [-0.2, -0.15) is 0 Å². The van der Waals surface area contributed by atoms with E-state index in [2.05, 4.69) is 37.8 Å². The molecule has 0 saturated carbocycles. The number of hydrogen-bond donors (Lipinski definition) is 2. The molecule has 4 heterocycles. The highest BCUT2D eigenvalue weighted by molar-refractivity contribution is 8.27. The van der Waals surface area contributed by atoms with E-state index in [0.717, 1.165) is 55.3 Å². The maximum absolute atomic E-state index is 12.6. The van der Waals surface area contributed by atoms with Gasteiger partial charge in [-0.05, 0) is 74.8 Å². The Morgan fingerprint density at radius 1 is 0.717 bits per heavy atom. The molecule has 3 amide bonds. The minimum absolute atomic E-state index is 0.0268. The van der Waals surface area contributed by atoms with Gasteiger partial charge in [0.1, 0.15) is 29.9 Å². The van der Waals surface area contributed by atoms with Gasteiger partial charge in [0.15, 0.2) is 0 Å². The second-order valence-corrected chi connectivity index (χ2v) is 15.0. The number of β-amino-alcohol motifs (C(OH)–C–C–N with tert-alkyl or cyclic N) is 2. The number of carbonyl (C=O) groups is 3. The number of methoxy groups -OCH3 is 1. The number of aryl methyl sites for hydroxylation is 2. The molecule has 46 heavy (non-hydrogen) atoms. The zero-order chi connectivity index (χ0) is 33.3. The SMILES string of the molecule is CCN1C(=C2SC(=O)N(CCO)C2=O)Sc2ccc(OC)cc21.CCN1C(=C2SC(=S)N(CCO)C2=O)Sc2cc(C)c(C)cc21. The van der Waals surface area contributed by atoms with E-state index in [1.165, 1.54) is 44.4 Å². The minimum atomic E-state index is -0.338. The van der Waals surface area contributed by atoms with Crippen LogP contribution in [0.25, 0.3) is 0 Å². The minimum Gasteiger partial charge on any atom is -0.497 e. The fourth-order valence-electron chi connectivity index (χ4n) is 5.13. The average molecular weight is 719 g/mol. The summed E-state index contributed by atoms with van der Waals surface area (Å²) in [6.45, 7) is 9.71. The van der Waals surface area contributed by atoms with Crippen molar-refractivity contribution in [3.63, 3.8) is 0 Å². The molecule has 4 aliphatic rings. The molecular weight excluding hydrogens is 685 g/mol. The Kier molecular flexibility index (Phi) is 11.0. The number of thiocarbonyl (C=S) groups is 1. The van der Waals surface area contributed by atoms with E-state index in [1.54, 1.807) is 18.9 Å². The van der Waals surface area contributed by atoms with Gasteiger partial charge in [-0.25, -0.2) is 0 Å². The number of nitrogens with zero attached hydrogens (tertiary/aromatic N) is 4. The van der Waals surface area contributed by atoms with Crippen LogP contribution >= 0.6 is 59.3 Å². The molecule has 2 aromatic rings. The number of amides is 3. The number of hydrogen-bond acceptors (Lipinski definition) is 13. The monoisotopic (exact) mass is 718 g/mol. The van der Waals surface area contributed by atoms with Crippen LogP contribution in [0.4, 0.5) is 16.2 Å². The zero-order valence-electron chi connectivity index (χ0n) is 26.0. The number of rotatable bonds is 7. The van der Waals surface area contributed by atoms with Gasteiger partial charge in [0.05, 0.1) is 44.8 Å². The summed E-state index contributed by atoms with van der Waals surface area (Å²) >= 11 is 10.7. The summed E-state index contributed by atoms with van der Waals surface area (Å²) in [7, 11) is 1.61. The molecule has 2 N–H and O–H groups in total. The van der Waals surface area contributed by atoms with Crippen molar-refractivity contribution in [1.82, 2.24) is 9.80 Å². The van der Waals surface area contributed by atoms with E-state index >= 15 is 0 Å². The lowest BCUT2D eigenvalue weighted by Gasteiger charge is -2.20. The van der Waals surface area contributed by atoms with Crippen LogP contribution in [0.5, 0.6) is 5.75 Å². The first kappa shape index (κ1) is 34.7. The molecule has 0 unspecified atom stereocenters.